The molecule has 0 spiro atoms. The van der Waals surface area contributed by atoms with Crippen molar-refractivity contribution in [3.63, 3.8) is 0 Å². The van der Waals surface area contributed by atoms with Crippen LogP contribution in [0.15, 0.2) is 22.0 Å². The van der Waals surface area contributed by atoms with Crippen LogP contribution in [0.25, 0.3) is 0 Å². The van der Waals surface area contributed by atoms with E-state index >= 15 is 0 Å². The van der Waals surface area contributed by atoms with Crippen LogP contribution in [0.2, 0.25) is 0 Å². The summed E-state index contributed by atoms with van der Waals surface area (Å²) in [6.45, 7) is 3.06. The van der Waals surface area contributed by atoms with Gasteiger partial charge in [0.25, 0.3) is 0 Å². The van der Waals surface area contributed by atoms with Gasteiger partial charge in [-0.3, -0.25) is 4.90 Å². The highest BCUT2D eigenvalue weighted by Crippen LogP contribution is 2.12. The number of thiophene rings is 1. The van der Waals surface area contributed by atoms with Crippen LogP contribution < -0.4 is 5.73 Å². The third-order valence-corrected chi connectivity index (χ3v) is 3.31. The summed E-state index contributed by atoms with van der Waals surface area (Å²) >= 11 is 1.69. The molecule has 1 aromatic rings. The Labute approximate surface area is 98.1 Å². The zero-order chi connectivity index (χ0) is 11.4. The van der Waals surface area contributed by atoms with Crippen molar-refractivity contribution in [2.75, 3.05) is 19.7 Å². The fraction of sp³-hybridized carbons (Fsp3) is 0.500. The topological polar surface area (TPSA) is 71.1 Å². The second-order valence-corrected chi connectivity index (χ2v) is 4.53. The van der Waals surface area contributed by atoms with E-state index in [1.54, 1.807) is 11.3 Å². The number of nitrogens with two attached hydrogens (primary N) is 1. The third kappa shape index (κ3) is 2.72. The van der Waals surface area contributed by atoms with E-state index in [4.69, 9.17) is 15.7 Å². The fourth-order valence-electron chi connectivity index (χ4n) is 1.73. The molecular formula is C10H15N3O2S. The monoisotopic (exact) mass is 241 g/mol. The maximum atomic E-state index is 8.60. The minimum atomic E-state index is -0.294. The Morgan fingerprint density at radius 2 is 2.62 bits per heavy atom. The number of nitrogens with zero attached hydrogens (tertiary/aromatic N) is 2. The van der Waals surface area contributed by atoms with Gasteiger partial charge in [-0.1, -0.05) is 5.16 Å². The van der Waals surface area contributed by atoms with Gasteiger partial charge in [0.15, 0.2) is 5.84 Å². The summed E-state index contributed by atoms with van der Waals surface area (Å²) in [5.41, 5.74) is 6.83. The molecule has 1 fully saturated rings. The van der Waals surface area contributed by atoms with Crippen molar-refractivity contribution in [1.29, 1.82) is 0 Å². The summed E-state index contributed by atoms with van der Waals surface area (Å²) in [6.07, 6.45) is -0.294. The molecule has 1 aliphatic rings. The molecule has 88 valence electrons. The molecule has 2 heterocycles. The summed E-state index contributed by atoms with van der Waals surface area (Å²) in [4.78, 5) is 2.24. The summed E-state index contributed by atoms with van der Waals surface area (Å²) in [5, 5.41) is 15.8. The lowest BCUT2D eigenvalue weighted by atomic mass is 10.2. The zero-order valence-corrected chi connectivity index (χ0v) is 9.69. The largest absolute Gasteiger partial charge is 0.409 e. The van der Waals surface area contributed by atoms with Crippen LogP contribution in [0.1, 0.15) is 5.56 Å². The van der Waals surface area contributed by atoms with Gasteiger partial charge in [0.2, 0.25) is 0 Å². The second kappa shape index (κ2) is 5.29. The van der Waals surface area contributed by atoms with Crippen molar-refractivity contribution in [3.8, 4) is 0 Å². The number of morpholine rings is 1. The van der Waals surface area contributed by atoms with Crippen LogP contribution in [0.5, 0.6) is 0 Å². The molecule has 0 amide bonds. The molecule has 1 atom stereocenters. The van der Waals surface area contributed by atoms with Crippen LogP contribution in [-0.4, -0.2) is 41.7 Å². The van der Waals surface area contributed by atoms with Crippen LogP contribution >= 0.6 is 11.3 Å². The molecule has 5 nitrogen and oxygen atoms in total. The molecular weight excluding hydrogens is 226 g/mol. The Morgan fingerprint density at radius 1 is 1.75 bits per heavy atom. The lowest BCUT2D eigenvalue weighted by Gasteiger charge is -2.31. The zero-order valence-electron chi connectivity index (χ0n) is 8.87. The molecule has 1 aliphatic heterocycles. The first kappa shape index (κ1) is 11.4. The van der Waals surface area contributed by atoms with Gasteiger partial charge in [-0.2, -0.15) is 11.3 Å². The van der Waals surface area contributed by atoms with Gasteiger partial charge in [-0.05, 0) is 22.4 Å². The Hall–Kier alpha value is -1.11. The number of hydrogen-bond donors (Lipinski definition) is 2. The maximum absolute atomic E-state index is 8.60. The van der Waals surface area contributed by atoms with E-state index < -0.39 is 0 Å². The Morgan fingerprint density at radius 3 is 3.31 bits per heavy atom. The van der Waals surface area contributed by atoms with Gasteiger partial charge >= 0.3 is 0 Å². The van der Waals surface area contributed by atoms with Crippen LogP contribution in [-0.2, 0) is 11.3 Å². The minimum absolute atomic E-state index is 0.148. The fourth-order valence-corrected chi connectivity index (χ4v) is 2.39. The van der Waals surface area contributed by atoms with E-state index in [-0.39, 0.29) is 11.9 Å². The lowest BCUT2D eigenvalue weighted by molar-refractivity contribution is 0.00146. The van der Waals surface area contributed by atoms with E-state index in [2.05, 4.69) is 26.9 Å². The highest BCUT2D eigenvalue weighted by molar-refractivity contribution is 7.07. The Kier molecular flexibility index (Phi) is 3.76. The smallest absolute Gasteiger partial charge is 0.169 e. The summed E-state index contributed by atoms with van der Waals surface area (Å²) in [7, 11) is 0. The molecule has 1 aromatic heterocycles. The molecule has 1 saturated heterocycles. The van der Waals surface area contributed by atoms with Crippen LogP contribution in [0, 0.1) is 0 Å². The van der Waals surface area contributed by atoms with Gasteiger partial charge in [-0.25, -0.2) is 0 Å². The van der Waals surface area contributed by atoms with E-state index in [9.17, 15) is 0 Å². The van der Waals surface area contributed by atoms with Crippen LogP contribution in [0.3, 0.4) is 0 Å². The maximum Gasteiger partial charge on any atom is 0.169 e. The van der Waals surface area contributed by atoms with Gasteiger partial charge in [0.05, 0.1) is 6.61 Å². The van der Waals surface area contributed by atoms with E-state index in [1.807, 2.05) is 0 Å². The summed E-state index contributed by atoms with van der Waals surface area (Å²) in [5.74, 6) is 0.148. The lowest BCUT2D eigenvalue weighted by Crippen LogP contribution is -2.48. The first-order chi connectivity index (χ1) is 7.79. The van der Waals surface area contributed by atoms with Crippen molar-refractivity contribution < 1.29 is 9.94 Å². The molecule has 16 heavy (non-hydrogen) atoms. The van der Waals surface area contributed by atoms with Crippen molar-refractivity contribution in [2.45, 2.75) is 12.6 Å². The molecule has 0 radical (unpaired) electrons. The van der Waals surface area contributed by atoms with Gasteiger partial charge in [-0.15, -0.1) is 0 Å². The Balaban J connectivity index is 1.92. The molecule has 3 N–H and O–H groups in total. The average molecular weight is 241 g/mol. The van der Waals surface area contributed by atoms with Crippen molar-refractivity contribution >= 4 is 17.2 Å². The van der Waals surface area contributed by atoms with E-state index in [0.29, 0.717) is 13.2 Å². The van der Waals surface area contributed by atoms with Crippen molar-refractivity contribution in [1.82, 2.24) is 4.90 Å². The van der Waals surface area contributed by atoms with Crippen molar-refractivity contribution in [2.24, 2.45) is 10.9 Å². The summed E-state index contributed by atoms with van der Waals surface area (Å²) < 4.78 is 5.43. The Bertz CT molecular complexity index is 353. The number of amidine groups is 1. The quantitative estimate of drug-likeness (QED) is 0.353. The molecule has 0 bridgehead atoms. The van der Waals surface area contributed by atoms with E-state index in [0.717, 1.165) is 13.1 Å². The number of hydrogen-bond acceptors (Lipinski definition) is 5. The molecule has 1 unspecified atom stereocenters. The number of oxime groups is 1. The molecule has 0 aromatic carbocycles. The third-order valence-electron chi connectivity index (χ3n) is 2.58. The van der Waals surface area contributed by atoms with Crippen LogP contribution in [0.4, 0.5) is 0 Å². The normalized spacial score (nSPS) is 23.5. The molecule has 0 saturated carbocycles. The average Bonchev–Trinajstić information content (AvgIpc) is 2.81. The predicted octanol–water partition coefficient (Wildman–Crippen LogP) is 0.695. The SMILES string of the molecule is NC(=NO)C1CN(Cc2ccsc2)CCO1. The first-order valence-electron chi connectivity index (χ1n) is 5.12. The molecule has 6 heteroatoms. The van der Waals surface area contributed by atoms with Gasteiger partial charge in [0, 0.05) is 19.6 Å². The van der Waals surface area contributed by atoms with Gasteiger partial charge in [0.1, 0.15) is 6.10 Å². The first-order valence-corrected chi connectivity index (χ1v) is 6.06. The minimum Gasteiger partial charge on any atom is -0.409 e. The van der Waals surface area contributed by atoms with E-state index in [1.165, 1.54) is 5.56 Å². The highest BCUT2D eigenvalue weighted by atomic mass is 32.1. The van der Waals surface area contributed by atoms with Gasteiger partial charge < -0.3 is 15.7 Å². The second-order valence-electron chi connectivity index (χ2n) is 3.75. The highest BCUT2D eigenvalue weighted by Gasteiger charge is 2.23. The summed E-state index contributed by atoms with van der Waals surface area (Å²) in [6, 6.07) is 2.11. The number of rotatable bonds is 3. The standard InChI is InChI=1S/C10H15N3O2S/c11-10(12-14)9-6-13(2-3-15-9)5-8-1-4-16-7-8/h1,4,7,9,14H,2-3,5-6H2,(H2,11,12). The number of ether oxygens (including phenoxy) is 1. The van der Waals surface area contributed by atoms with Crippen molar-refractivity contribution in [3.05, 3.63) is 22.4 Å². The predicted molar refractivity (Wildman–Crippen MR) is 62.7 cm³/mol. The molecule has 0 aliphatic carbocycles. The molecule has 2 rings (SSSR count).